The molecule has 0 aliphatic carbocycles. The van der Waals surface area contributed by atoms with Gasteiger partial charge in [0, 0.05) is 18.3 Å². The maximum absolute atomic E-state index is 12.6. The van der Waals surface area contributed by atoms with Crippen LogP contribution in [0.2, 0.25) is 0 Å². The molecule has 0 amide bonds. The number of H-pyrrole nitrogens is 1. The van der Waals surface area contributed by atoms with Gasteiger partial charge in [-0.1, -0.05) is 37.3 Å². The largest absolute Gasteiger partial charge is 0.344 e. The van der Waals surface area contributed by atoms with E-state index in [9.17, 15) is 13.2 Å². The highest BCUT2D eigenvalue weighted by Crippen LogP contribution is 2.18. The number of sulfone groups is 1. The molecule has 3 aromatic rings. The third-order valence-corrected chi connectivity index (χ3v) is 6.03. The van der Waals surface area contributed by atoms with Crippen molar-refractivity contribution in [3.8, 4) is 0 Å². The fourth-order valence-electron chi connectivity index (χ4n) is 2.49. The SMILES string of the molecule is CCCn1c(S(=O)(=O)Cc2csc(Cc3ccccc3)n2)n[nH]c1=O. The molecule has 2 aromatic heterocycles. The summed E-state index contributed by atoms with van der Waals surface area (Å²) in [7, 11) is -3.74. The number of nitrogens with one attached hydrogen (secondary N) is 1. The standard InChI is InChI=1S/C16H18N4O3S2/c1-2-8-20-15(21)18-19-16(20)25(22,23)11-13-10-24-14(17-13)9-12-6-4-3-5-7-12/h3-7,10H,2,8-9,11H2,1H3,(H,18,21). The van der Waals surface area contributed by atoms with Crippen molar-refractivity contribution in [1.82, 2.24) is 19.7 Å². The second kappa shape index (κ2) is 7.32. The van der Waals surface area contributed by atoms with Crippen LogP contribution in [-0.4, -0.2) is 28.2 Å². The van der Waals surface area contributed by atoms with E-state index in [4.69, 9.17) is 0 Å². The van der Waals surface area contributed by atoms with Gasteiger partial charge in [-0.05, 0) is 12.0 Å². The molecule has 0 aliphatic heterocycles. The molecule has 0 saturated heterocycles. The highest BCUT2D eigenvalue weighted by atomic mass is 32.2. The van der Waals surface area contributed by atoms with Crippen molar-refractivity contribution in [3.63, 3.8) is 0 Å². The van der Waals surface area contributed by atoms with E-state index >= 15 is 0 Å². The summed E-state index contributed by atoms with van der Waals surface area (Å²) < 4.78 is 26.4. The van der Waals surface area contributed by atoms with E-state index in [1.54, 1.807) is 5.38 Å². The van der Waals surface area contributed by atoms with Crippen LogP contribution < -0.4 is 5.69 Å². The third kappa shape index (κ3) is 4.05. The minimum absolute atomic E-state index is 0.225. The van der Waals surface area contributed by atoms with E-state index in [1.807, 2.05) is 37.3 Å². The van der Waals surface area contributed by atoms with Gasteiger partial charge in [0.05, 0.1) is 10.7 Å². The van der Waals surface area contributed by atoms with Crippen molar-refractivity contribution in [2.24, 2.45) is 0 Å². The van der Waals surface area contributed by atoms with Gasteiger partial charge in [-0.3, -0.25) is 4.57 Å². The number of benzene rings is 1. The van der Waals surface area contributed by atoms with Gasteiger partial charge >= 0.3 is 5.69 Å². The summed E-state index contributed by atoms with van der Waals surface area (Å²) in [4.78, 5) is 16.1. The Hall–Kier alpha value is -2.26. The van der Waals surface area contributed by atoms with Crippen molar-refractivity contribution in [2.75, 3.05) is 0 Å². The van der Waals surface area contributed by atoms with Crippen molar-refractivity contribution in [1.29, 1.82) is 0 Å². The first kappa shape index (κ1) is 17.6. The Morgan fingerprint density at radius 3 is 2.72 bits per heavy atom. The number of aromatic amines is 1. The lowest BCUT2D eigenvalue weighted by molar-refractivity contribution is 0.549. The number of thiazole rings is 1. The maximum atomic E-state index is 12.6. The summed E-state index contributed by atoms with van der Waals surface area (Å²) >= 11 is 1.43. The Morgan fingerprint density at radius 1 is 1.24 bits per heavy atom. The molecule has 1 aromatic carbocycles. The lowest BCUT2D eigenvalue weighted by atomic mass is 10.2. The van der Waals surface area contributed by atoms with Crippen LogP contribution in [0.15, 0.2) is 45.7 Å². The number of nitrogens with zero attached hydrogens (tertiary/aromatic N) is 3. The second-order valence-electron chi connectivity index (χ2n) is 5.62. The molecule has 0 spiro atoms. The van der Waals surface area contributed by atoms with Crippen LogP contribution >= 0.6 is 11.3 Å². The second-order valence-corrected chi connectivity index (χ2v) is 8.44. The average molecular weight is 378 g/mol. The summed E-state index contributed by atoms with van der Waals surface area (Å²) in [5.41, 5.74) is 1.08. The Balaban J connectivity index is 1.79. The average Bonchev–Trinajstić information content (AvgIpc) is 3.16. The summed E-state index contributed by atoms with van der Waals surface area (Å²) in [5, 5.41) is 8.27. The fourth-order valence-corrected chi connectivity index (χ4v) is 4.78. The van der Waals surface area contributed by atoms with Gasteiger partial charge < -0.3 is 0 Å². The van der Waals surface area contributed by atoms with Gasteiger partial charge in [-0.15, -0.1) is 16.4 Å². The molecule has 0 unspecified atom stereocenters. The maximum Gasteiger partial charge on any atom is 0.344 e. The van der Waals surface area contributed by atoms with Crippen LogP contribution in [0.4, 0.5) is 0 Å². The molecule has 2 heterocycles. The molecule has 0 radical (unpaired) electrons. The highest BCUT2D eigenvalue weighted by molar-refractivity contribution is 7.90. The summed E-state index contributed by atoms with van der Waals surface area (Å²) in [6.07, 6.45) is 1.30. The van der Waals surface area contributed by atoms with E-state index in [-0.39, 0.29) is 10.9 Å². The molecule has 1 N–H and O–H groups in total. The van der Waals surface area contributed by atoms with Gasteiger partial charge in [-0.25, -0.2) is 23.3 Å². The minimum atomic E-state index is -3.74. The van der Waals surface area contributed by atoms with Crippen molar-refractivity contribution < 1.29 is 8.42 Å². The summed E-state index contributed by atoms with van der Waals surface area (Å²) in [6.45, 7) is 2.17. The van der Waals surface area contributed by atoms with Crippen LogP contribution in [0.1, 0.15) is 29.6 Å². The first-order chi connectivity index (χ1) is 12.0. The molecule has 9 heteroatoms. The summed E-state index contributed by atoms with van der Waals surface area (Å²) in [6, 6.07) is 9.87. The summed E-state index contributed by atoms with van der Waals surface area (Å²) in [5.74, 6) is -0.272. The molecule has 7 nitrogen and oxygen atoms in total. The zero-order chi connectivity index (χ0) is 17.9. The smallest absolute Gasteiger partial charge is 0.266 e. The Bertz CT molecular complexity index is 1000. The van der Waals surface area contributed by atoms with Gasteiger partial charge in [-0.2, -0.15) is 0 Å². The predicted molar refractivity (Wildman–Crippen MR) is 95.4 cm³/mol. The molecule has 0 saturated carbocycles. The van der Waals surface area contributed by atoms with Crippen molar-refractivity contribution >= 4 is 21.2 Å². The monoisotopic (exact) mass is 378 g/mol. The molecular weight excluding hydrogens is 360 g/mol. The molecule has 0 bridgehead atoms. The third-order valence-electron chi connectivity index (χ3n) is 3.58. The number of aromatic nitrogens is 4. The van der Waals surface area contributed by atoms with Gasteiger partial charge in [0.2, 0.25) is 9.84 Å². The van der Waals surface area contributed by atoms with Crippen LogP contribution in [0.25, 0.3) is 0 Å². The van der Waals surface area contributed by atoms with Gasteiger partial charge in [0.1, 0.15) is 5.75 Å². The lowest BCUT2D eigenvalue weighted by Gasteiger charge is -2.04. The number of rotatable bonds is 7. The first-order valence-corrected chi connectivity index (χ1v) is 10.4. The topological polar surface area (TPSA) is 97.7 Å². The molecule has 0 fully saturated rings. The van der Waals surface area contributed by atoms with E-state index < -0.39 is 15.5 Å². The normalized spacial score (nSPS) is 11.7. The van der Waals surface area contributed by atoms with E-state index in [1.165, 1.54) is 11.3 Å². The predicted octanol–water partition coefficient (Wildman–Crippen LogP) is 2.00. The molecule has 0 atom stereocenters. The quantitative estimate of drug-likeness (QED) is 0.678. The molecular formula is C16H18N4O3S2. The Labute approximate surface area is 149 Å². The van der Waals surface area contributed by atoms with Crippen LogP contribution in [-0.2, 0) is 28.6 Å². The fraction of sp³-hybridized carbons (Fsp3) is 0.312. The first-order valence-electron chi connectivity index (χ1n) is 7.85. The molecule has 0 aliphatic rings. The number of hydrogen-bond donors (Lipinski definition) is 1. The van der Waals surface area contributed by atoms with Crippen LogP contribution in [0, 0.1) is 0 Å². The lowest BCUT2D eigenvalue weighted by Crippen LogP contribution is -2.21. The molecule has 132 valence electrons. The van der Waals surface area contributed by atoms with Crippen LogP contribution in [0.3, 0.4) is 0 Å². The number of hydrogen-bond acceptors (Lipinski definition) is 6. The minimum Gasteiger partial charge on any atom is -0.266 e. The van der Waals surface area contributed by atoms with Crippen molar-refractivity contribution in [3.05, 3.63) is 62.5 Å². The molecule has 25 heavy (non-hydrogen) atoms. The van der Waals surface area contributed by atoms with Gasteiger partial charge in [0.15, 0.2) is 0 Å². The highest BCUT2D eigenvalue weighted by Gasteiger charge is 2.24. The van der Waals surface area contributed by atoms with E-state index in [2.05, 4.69) is 15.2 Å². The Morgan fingerprint density at radius 2 is 2.00 bits per heavy atom. The molecule has 3 rings (SSSR count). The van der Waals surface area contributed by atoms with E-state index in [0.717, 1.165) is 15.1 Å². The van der Waals surface area contributed by atoms with Crippen LogP contribution in [0.5, 0.6) is 0 Å². The van der Waals surface area contributed by atoms with Crippen molar-refractivity contribution in [2.45, 2.75) is 37.2 Å². The van der Waals surface area contributed by atoms with Gasteiger partial charge in [0.25, 0.3) is 5.16 Å². The zero-order valence-corrected chi connectivity index (χ0v) is 15.3. The zero-order valence-electron chi connectivity index (χ0n) is 13.7. The van der Waals surface area contributed by atoms with E-state index in [0.29, 0.717) is 25.1 Å². The Kier molecular flexibility index (Phi) is 5.14.